The van der Waals surface area contributed by atoms with E-state index < -0.39 is 5.60 Å². The van der Waals surface area contributed by atoms with E-state index in [0.29, 0.717) is 0 Å². The third-order valence-corrected chi connectivity index (χ3v) is 3.53. The summed E-state index contributed by atoms with van der Waals surface area (Å²) in [7, 11) is 0. The highest BCUT2D eigenvalue weighted by atomic mass is 16.6. The smallest absolute Gasteiger partial charge is 0.324 e. The molecule has 1 heterocycles. The SMILES string of the molecule is CC(C)(C)OC(=O)C(Cc1ccccc1)N1CCCC1. The van der Waals surface area contributed by atoms with Gasteiger partial charge in [-0.05, 0) is 58.7 Å². The molecule has 2 rings (SSSR count). The van der Waals surface area contributed by atoms with Crippen LogP contribution in [0, 0.1) is 0 Å². The Morgan fingerprint density at radius 2 is 1.80 bits per heavy atom. The number of esters is 1. The number of benzene rings is 1. The summed E-state index contributed by atoms with van der Waals surface area (Å²) in [4.78, 5) is 14.8. The van der Waals surface area contributed by atoms with Gasteiger partial charge in [0.25, 0.3) is 0 Å². The zero-order valence-corrected chi connectivity index (χ0v) is 12.8. The Morgan fingerprint density at radius 3 is 2.35 bits per heavy atom. The maximum absolute atomic E-state index is 12.5. The average Bonchev–Trinajstić information content (AvgIpc) is 2.88. The quantitative estimate of drug-likeness (QED) is 0.791. The standard InChI is InChI=1S/C17H25NO2/c1-17(2,3)20-16(19)15(18-11-7-8-12-18)13-14-9-5-4-6-10-14/h4-6,9-10,15H,7-8,11-13H2,1-3H3. The van der Waals surface area contributed by atoms with Crippen LogP contribution in [0.2, 0.25) is 0 Å². The van der Waals surface area contributed by atoms with E-state index in [9.17, 15) is 4.79 Å². The van der Waals surface area contributed by atoms with Gasteiger partial charge in [0.1, 0.15) is 11.6 Å². The maximum Gasteiger partial charge on any atom is 0.324 e. The van der Waals surface area contributed by atoms with Crippen LogP contribution in [0.3, 0.4) is 0 Å². The van der Waals surface area contributed by atoms with Gasteiger partial charge in [-0.3, -0.25) is 9.69 Å². The molecule has 3 nitrogen and oxygen atoms in total. The van der Waals surface area contributed by atoms with Crippen LogP contribution in [0.4, 0.5) is 0 Å². The minimum atomic E-state index is -0.425. The lowest BCUT2D eigenvalue weighted by Crippen LogP contribution is -2.44. The van der Waals surface area contributed by atoms with Crippen LogP contribution < -0.4 is 0 Å². The van der Waals surface area contributed by atoms with E-state index >= 15 is 0 Å². The Kier molecular flexibility index (Phi) is 4.81. The first-order valence-electron chi connectivity index (χ1n) is 7.46. The topological polar surface area (TPSA) is 29.5 Å². The lowest BCUT2D eigenvalue weighted by molar-refractivity contribution is -0.161. The lowest BCUT2D eigenvalue weighted by Gasteiger charge is -2.29. The molecule has 1 aromatic carbocycles. The minimum Gasteiger partial charge on any atom is -0.459 e. The summed E-state index contributed by atoms with van der Waals surface area (Å²) in [6, 6.07) is 10.0. The fourth-order valence-corrected chi connectivity index (χ4v) is 2.62. The van der Waals surface area contributed by atoms with Gasteiger partial charge in [0.05, 0.1) is 0 Å². The van der Waals surface area contributed by atoms with Crippen molar-refractivity contribution >= 4 is 5.97 Å². The normalized spacial score (nSPS) is 17.9. The summed E-state index contributed by atoms with van der Waals surface area (Å²) < 4.78 is 5.60. The van der Waals surface area contributed by atoms with Crippen molar-refractivity contribution in [3.05, 3.63) is 35.9 Å². The van der Waals surface area contributed by atoms with E-state index in [1.807, 2.05) is 39.0 Å². The van der Waals surface area contributed by atoms with Crippen molar-refractivity contribution in [2.75, 3.05) is 13.1 Å². The molecule has 0 radical (unpaired) electrons. The first-order valence-corrected chi connectivity index (χ1v) is 7.46. The number of hydrogen-bond donors (Lipinski definition) is 0. The third-order valence-electron chi connectivity index (χ3n) is 3.53. The van der Waals surface area contributed by atoms with Crippen LogP contribution in [-0.2, 0) is 16.0 Å². The fraction of sp³-hybridized carbons (Fsp3) is 0.588. The van der Waals surface area contributed by atoms with Crippen LogP contribution >= 0.6 is 0 Å². The van der Waals surface area contributed by atoms with Gasteiger partial charge in [-0.2, -0.15) is 0 Å². The van der Waals surface area contributed by atoms with E-state index in [4.69, 9.17) is 4.74 Å². The Labute approximate surface area is 121 Å². The van der Waals surface area contributed by atoms with Gasteiger partial charge >= 0.3 is 5.97 Å². The largest absolute Gasteiger partial charge is 0.459 e. The Bertz CT molecular complexity index is 430. The molecule has 1 saturated heterocycles. The zero-order chi connectivity index (χ0) is 14.6. The van der Waals surface area contributed by atoms with Gasteiger partial charge in [-0.25, -0.2) is 0 Å². The molecular weight excluding hydrogens is 250 g/mol. The molecule has 1 aliphatic heterocycles. The van der Waals surface area contributed by atoms with Crippen molar-refractivity contribution < 1.29 is 9.53 Å². The zero-order valence-electron chi connectivity index (χ0n) is 12.8. The highest BCUT2D eigenvalue weighted by Crippen LogP contribution is 2.19. The van der Waals surface area contributed by atoms with Crippen molar-refractivity contribution in [1.82, 2.24) is 4.90 Å². The predicted octanol–water partition coefficient (Wildman–Crippen LogP) is 3.04. The molecule has 0 saturated carbocycles. The second-order valence-corrected chi connectivity index (χ2v) is 6.48. The van der Waals surface area contributed by atoms with Crippen LogP contribution in [-0.4, -0.2) is 35.6 Å². The molecule has 3 heteroatoms. The monoisotopic (exact) mass is 275 g/mol. The van der Waals surface area contributed by atoms with Gasteiger partial charge < -0.3 is 4.74 Å². The third kappa shape index (κ3) is 4.34. The van der Waals surface area contributed by atoms with Crippen molar-refractivity contribution in [2.24, 2.45) is 0 Å². The molecule has 1 unspecified atom stereocenters. The lowest BCUT2D eigenvalue weighted by atomic mass is 10.0. The van der Waals surface area contributed by atoms with Crippen molar-refractivity contribution in [3.63, 3.8) is 0 Å². The van der Waals surface area contributed by atoms with Crippen LogP contribution in [0.5, 0.6) is 0 Å². The summed E-state index contributed by atoms with van der Waals surface area (Å²) in [5, 5.41) is 0. The maximum atomic E-state index is 12.5. The molecule has 110 valence electrons. The van der Waals surface area contributed by atoms with Gasteiger partial charge in [0.15, 0.2) is 0 Å². The molecule has 0 aromatic heterocycles. The number of nitrogens with zero attached hydrogens (tertiary/aromatic N) is 1. The summed E-state index contributed by atoms with van der Waals surface area (Å²) in [5.74, 6) is -0.0942. The molecule has 1 atom stereocenters. The number of ether oxygens (including phenoxy) is 1. The minimum absolute atomic E-state index is 0.0942. The molecule has 1 aromatic rings. The number of hydrogen-bond acceptors (Lipinski definition) is 3. The molecule has 0 N–H and O–H groups in total. The Balaban J connectivity index is 2.10. The second kappa shape index (κ2) is 6.40. The number of likely N-dealkylation sites (tertiary alicyclic amines) is 1. The van der Waals surface area contributed by atoms with Crippen molar-refractivity contribution in [1.29, 1.82) is 0 Å². The Morgan fingerprint density at radius 1 is 1.20 bits per heavy atom. The number of carbonyl (C=O) groups excluding carboxylic acids is 1. The molecule has 1 aliphatic rings. The molecule has 0 amide bonds. The molecule has 0 spiro atoms. The summed E-state index contributed by atoms with van der Waals surface area (Å²) in [6.45, 7) is 7.77. The first-order chi connectivity index (χ1) is 9.46. The molecular formula is C17H25NO2. The van der Waals surface area contributed by atoms with Crippen molar-refractivity contribution in [3.8, 4) is 0 Å². The van der Waals surface area contributed by atoms with Crippen LogP contribution in [0.15, 0.2) is 30.3 Å². The van der Waals surface area contributed by atoms with Crippen molar-refractivity contribution in [2.45, 2.75) is 51.7 Å². The number of rotatable bonds is 4. The van der Waals surface area contributed by atoms with Gasteiger partial charge in [0, 0.05) is 0 Å². The highest BCUT2D eigenvalue weighted by Gasteiger charge is 2.31. The van der Waals surface area contributed by atoms with Gasteiger partial charge in [-0.15, -0.1) is 0 Å². The van der Waals surface area contributed by atoms with Gasteiger partial charge in [0.2, 0.25) is 0 Å². The molecule has 1 fully saturated rings. The Hall–Kier alpha value is -1.35. The molecule has 20 heavy (non-hydrogen) atoms. The summed E-state index contributed by atoms with van der Waals surface area (Å²) in [5.41, 5.74) is 0.765. The first kappa shape index (κ1) is 15.0. The molecule has 0 aliphatic carbocycles. The predicted molar refractivity (Wildman–Crippen MR) is 80.6 cm³/mol. The van der Waals surface area contributed by atoms with E-state index in [-0.39, 0.29) is 12.0 Å². The fourth-order valence-electron chi connectivity index (χ4n) is 2.62. The summed E-state index contributed by atoms with van der Waals surface area (Å²) in [6.07, 6.45) is 3.08. The summed E-state index contributed by atoms with van der Waals surface area (Å²) >= 11 is 0. The van der Waals surface area contributed by atoms with E-state index in [1.54, 1.807) is 0 Å². The van der Waals surface area contributed by atoms with E-state index in [2.05, 4.69) is 17.0 Å². The van der Waals surface area contributed by atoms with Crippen LogP contribution in [0.1, 0.15) is 39.2 Å². The average molecular weight is 275 g/mol. The highest BCUT2D eigenvalue weighted by molar-refractivity contribution is 5.76. The van der Waals surface area contributed by atoms with E-state index in [1.165, 1.54) is 18.4 Å². The second-order valence-electron chi connectivity index (χ2n) is 6.48. The van der Waals surface area contributed by atoms with E-state index in [0.717, 1.165) is 19.5 Å². The number of carbonyl (C=O) groups is 1. The van der Waals surface area contributed by atoms with Crippen LogP contribution in [0.25, 0.3) is 0 Å². The molecule has 0 bridgehead atoms. The van der Waals surface area contributed by atoms with Gasteiger partial charge in [-0.1, -0.05) is 30.3 Å².